The zero-order valence-corrected chi connectivity index (χ0v) is 14.6. The lowest BCUT2D eigenvalue weighted by Gasteiger charge is -2.29. The maximum Gasteiger partial charge on any atom is 0.246 e. The van der Waals surface area contributed by atoms with E-state index in [0.717, 1.165) is 35.2 Å². The van der Waals surface area contributed by atoms with E-state index >= 15 is 0 Å². The monoisotopic (exact) mass is 333 g/mol. The predicted molar refractivity (Wildman–Crippen MR) is 102 cm³/mol. The first-order chi connectivity index (χ1) is 12.2. The van der Waals surface area contributed by atoms with Gasteiger partial charge in [0.05, 0.1) is 11.2 Å². The average molecular weight is 333 g/mol. The Kier molecular flexibility index (Phi) is 5.41. The summed E-state index contributed by atoms with van der Waals surface area (Å²) >= 11 is 0. The van der Waals surface area contributed by atoms with Crippen LogP contribution < -0.4 is 5.32 Å². The molecule has 0 aliphatic heterocycles. The molecule has 1 amide bonds. The number of likely N-dealkylation sites (N-methyl/N-ethyl adjacent to an activating group) is 1. The Balaban J connectivity index is 1.95. The third kappa shape index (κ3) is 3.69. The van der Waals surface area contributed by atoms with E-state index in [9.17, 15) is 4.79 Å². The number of fused-ring (bicyclic) bond motifs is 1. The molecule has 3 rings (SSSR count). The Morgan fingerprint density at radius 1 is 1.00 bits per heavy atom. The van der Waals surface area contributed by atoms with Gasteiger partial charge in [0, 0.05) is 11.6 Å². The van der Waals surface area contributed by atoms with E-state index in [0.29, 0.717) is 0 Å². The molecule has 128 valence electrons. The number of anilines is 1. The lowest BCUT2D eigenvalue weighted by Crippen LogP contribution is -2.37. The maximum atomic E-state index is 13.1. The smallest absolute Gasteiger partial charge is 0.246 e. The number of para-hydroxylation sites is 1. The van der Waals surface area contributed by atoms with E-state index in [1.165, 1.54) is 0 Å². The van der Waals surface area contributed by atoms with Crippen LogP contribution in [0.15, 0.2) is 66.9 Å². The molecule has 1 atom stereocenters. The average Bonchev–Trinajstić information content (AvgIpc) is 2.67. The van der Waals surface area contributed by atoms with Crippen LogP contribution >= 0.6 is 0 Å². The zero-order chi connectivity index (χ0) is 17.6. The number of benzene rings is 2. The molecule has 0 aliphatic carbocycles. The van der Waals surface area contributed by atoms with Gasteiger partial charge in [-0.25, -0.2) is 0 Å². The highest BCUT2D eigenvalue weighted by molar-refractivity contribution is 6.02. The van der Waals surface area contributed by atoms with E-state index in [1.54, 1.807) is 6.20 Å². The number of pyridine rings is 1. The molecule has 1 heterocycles. The highest BCUT2D eigenvalue weighted by atomic mass is 16.2. The van der Waals surface area contributed by atoms with Crippen LogP contribution in [-0.2, 0) is 4.79 Å². The molecule has 0 bridgehead atoms. The number of aromatic nitrogens is 1. The molecule has 4 nitrogen and oxygen atoms in total. The summed E-state index contributed by atoms with van der Waals surface area (Å²) in [6, 6.07) is 19.3. The van der Waals surface area contributed by atoms with Gasteiger partial charge in [0.25, 0.3) is 0 Å². The van der Waals surface area contributed by atoms with Crippen molar-refractivity contribution >= 4 is 22.5 Å². The van der Waals surface area contributed by atoms with Crippen LogP contribution in [0.3, 0.4) is 0 Å². The number of nitrogens with one attached hydrogen (secondary N) is 1. The highest BCUT2D eigenvalue weighted by Gasteiger charge is 2.26. The van der Waals surface area contributed by atoms with Crippen LogP contribution in [0.1, 0.15) is 25.5 Å². The lowest BCUT2D eigenvalue weighted by molar-refractivity contribution is -0.121. The third-order valence-corrected chi connectivity index (χ3v) is 4.43. The number of rotatable bonds is 6. The van der Waals surface area contributed by atoms with Crippen LogP contribution in [0, 0.1) is 0 Å². The van der Waals surface area contributed by atoms with Crippen molar-refractivity contribution in [2.75, 3.05) is 18.4 Å². The fraction of sp³-hybridized carbons (Fsp3) is 0.238. The minimum absolute atomic E-state index is 0.0342. The minimum atomic E-state index is -0.324. The number of amides is 1. The quantitative estimate of drug-likeness (QED) is 0.733. The molecule has 0 fully saturated rings. The van der Waals surface area contributed by atoms with Gasteiger partial charge in [-0.1, -0.05) is 62.4 Å². The summed E-state index contributed by atoms with van der Waals surface area (Å²) in [5.74, 6) is -0.0342. The number of nitrogens with zero attached hydrogens (tertiary/aromatic N) is 2. The summed E-state index contributed by atoms with van der Waals surface area (Å²) in [5.41, 5.74) is 2.55. The van der Waals surface area contributed by atoms with Crippen molar-refractivity contribution in [1.82, 2.24) is 9.88 Å². The van der Waals surface area contributed by atoms with Crippen molar-refractivity contribution < 1.29 is 4.79 Å². The van der Waals surface area contributed by atoms with Gasteiger partial charge in [-0.3, -0.25) is 14.7 Å². The second-order valence-electron chi connectivity index (χ2n) is 5.90. The Bertz CT molecular complexity index is 839. The SMILES string of the molecule is CCN(CC)[C@@H](C(=O)Nc1cccc2cccnc12)c1ccccc1. The number of carbonyl (C=O) groups is 1. The molecular weight excluding hydrogens is 310 g/mol. The molecule has 1 aromatic heterocycles. The van der Waals surface area contributed by atoms with Gasteiger partial charge in [0.2, 0.25) is 5.91 Å². The molecule has 1 N–H and O–H groups in total. The summed E-state index contributed by atoms with van der Waals surface area (Å²) in [6.07, 6.45) is 1.75. The predicted octanol–water partition coefficient (Wildman–Crippen LogP) is 4.26. The molecule has 4 heteroatoms. The third-order valence-electron chi connectivity index (χ3n) is 4.43. The molecule has 0 aliphatic rings. The number of hydrogen-bond acceptors (Lipinski definition) is 3. The fourth-order valence-corrected chi connectivity index (χ4v) is 3.16. The van der Waals surface area contributed by atoms with Gasteiger partial charge < -0.3 is 5.32 Å². The summed E-state index contributed by atoms with van der Waals surface area (Å²) in [4.78, 5) is 19.7. The first-order valence-electron chi connectivity index (χ1n) is 8.68. The maximum absolute atomic E-state index is 13.1. The number of hydrogen-bond donors (Lipinski definition) is 1. The van der Waals surface area contributed by atoms with Crippen LogP contribution in [0.5, 0.6) is 0 Å². The van der Waals surface area contributed by atoms with Gasteiger partial charge in [0.15, 0.2) is 0 Å². The lowest BCUT2D eigenvalue weighted by atomic mass is 10.0. The topological polar surface area (TPSA) is 45.2 Å². The van der Waals surface area contributed by atoms with Crippen molar-refractivity contribution in [3.05, 3.63) is 72.4 Å². The summed E-state index contributed by atoms with van der Waals surface area (Å²) < 4.78 is 0. The van der Waals surface area contributed by atoms with Crippen molar-refractivity contribution in [3.8, 4) is 0 Å². The zero-order valence-electron chi connectivity index (χ0n) is 14.6. The molecule has 0 radical (unpaired) electrons. The first kappa shape index (κ1) is 17.1. The second kappa shape index (κ2) is 7.90. The second-order valence-corrected chi connectivity index (χ2v) is 5.90. The fourth-order valence-electron chi connectivity index (χ4n) is 3.16. The molecule has 0 saturated heterocycles. The van der Waals surface area contributed by atoms with Gasteiger partial charge in [-0.15, -0.1) is 0 Å². The highest BCUT2D eigenvalue weighted by Crippen LogP contribution is 2.25. The van der Waals surface area contributed by atoms with Crippen molar-refractivity contribution in [2.24, 2.45) is 0 Å². The molecule has 0 spiro atoms. The van der Waals surface area contributed by atoms with E-state index < -0.39 is 0 Å². The van der Waals surface area contributed by atoms with Crippen molar-refractivity contribution in [1.29, 1.82) is 0 Å². The Hall–Kier alpha value is -2.72. The van der Waals surface area contributed by atoms with Gasteiger partial charge in [-0.2, -0.15) is 0 Å². The summed E-state index contributed by atoms with van der Waals surface area (Å²) in [6.45, 7) is 5.76. The van der Waals surface area contributed by atoms with E-state index in [2.05, 4.69) is 29.0 Å². The minimum Gasteiger partial charge on any atom is -0.323 e. The van der Waals surface area contributed by atoms with Gasteiger partial charge in [-0.05, 0) is 30.8 Å². The van der Waals surface area contributed by atoms with Crippen LogP contribution in [0.4, 0.5) is 5.69 Å². The van der Waals surface area contributed by atoms with Gasteiger partial charge in [0.1, 0.15) is 6.04 Å². The normalized spacial score (nSPS) is 12.3. The summed E-state index contributed by atoms with van der Waals surface area (Å²) in [7, 11) is 0. The molecule has 2 aromatic carbocycles. The van der Waals surface area contributed by atoms with E-state index in [1.807, 2.05) is 60.7 Å². The Labute approximate surface area is 148 Å². The Morgan fingerprint density at radius 3 is 2.44 bits per heavy atom. The molecule has 25 heavy (non-hydrogen) atoms. The first-order valence-corrected chi connectivity index (χ1v) is 8.68. The number of carbonyl (C=O) groups excluding carboxylic acids is 1. The standard InChI is InChI=1S/C21H23N3O/c1-3-24(4-2)20(17-10-6-5-7-11-17)21(25)23-18-14-8-12-16-13-9-15-22-19(16)18/h5-15,20H,3-4H2,1-2H3,(H,23,25)/t20-/m1/s1. The van der Waals surface area contributed by atoms with Crippen molar-refractivity contribution in [3.63, 3.8) is 0 Å². The van der Waals surface area contributed by atoms with Crippen LogP contribution in [-0.4, -0.2) is 28.9 Å². The summed E-state index contributed by atoms with van der Waals surface area (Å²) in [5, 5.41) is 4.10. The molecular formula is C21H23N3O. The molecule has 0 saturated carbocycles. The Morgan fingerprint density at radius 2 is 1.72 bits per heavy atom. The van der Waals surface area contributed by atoms with Crippen LogP contribution in [0.2, 0.25) is 0 Å². The molecule has 3 aromatic rings. The van der Waals surface area contributed by atoms with Gasteiger partial charge >= 0.3 is 0 Å². The van der Waals surface area contributed by atoms with E-state index in [-0.39, 0.29) is 11.9 Å². The van der Waals surface area contributed by atoms with E-state index in [4.69, 9.17) is 0 Å². The van der Waals surface area contributed by atoms with Crippen molar-refractivity contribution in [2.45, 2.75) is 19.9 Å². The molecule has 0 unspecified atom stereocenters. The van der Waals surface area contributed by atoms with Crippen LogP contribution in [0.25, 0.3) is 10.9 Å². The largest absolute Gasteiger partial charge is 0.323 e.